The molecule has 0 radical (unpaired) electrons. The van der Waals surface area contributed by atoms with Crippen LogP contribution in [0, 0.1) is 3.57 Å². The molecule has 118 valence electrons. The Morgan fingerprint density at radius 3 is 2.43 bits per heavy atom. The number of nitrogens with zero attached hydrogens (tertiary/aromatic N) is 1. The summed E-state index contributed by atoms with van der Waals surface area (Å²) in [7, 11) is 3.17. The standard InChI is InChI=1S/C16H13IN2O3S/c1-21-12-7-11-14(8-13(12)22-2)23-16(18-11)19-15(20)9-3-5-10(17)6-4-9/h3-8H,1-2H3,(H,18,19,20). The quantitative estimate of drug-likeness (QED) is 0.619. The minimum atomic E-state index is -0.181. The van der Waals surface area contributed by atoms with E-state index in [0.29, 0.717) is 22.2 Å². The number of methoxy groups -OCH3 is 2. The Kier molecular flexibility index (Phi) is 4.67. The molecule has 0 fully saturated rings. The molecule has 23 heavy (non-hydrogen) atoms. The van der Waals surface area contributed by atoms with Crippen LogP contribution in [0.4, 0.5) is 5.13 Å². The highest BCUT2D eigenvalue weighted by molar-refractivity contribution is 14.1. The molecule has 0 spiro atoms. The van der Waals surface area contributed by atoms with Crippen LogP contribution in [-0.2, 0) is 0 Å². The maximum atomic E-state index is 12.3. The lowest BCUT2D eigenvalue weighted by Crippen LogP contribution is -2.11. The van der Waals surface area contributed by atoms with Gasteiger partial charge in [-0.05, 0) is 46.9 Å². The first-order valence-electron chi connectivity index (χ1n) is 6.70. The number of hydrogen-bond donors (Lipinski definition) is 1. The summed E-state index contributed by atoms with van der Waals surface area (Å²) in [6.45, 7) is 0. The van der Waals surface area contributed by atoms with Gasteiger partial charge in [0.05, 0.1) is 24.4 Å². The summed E-state index contributed by atoms with van der Waals surface area (Å²) < 4.78 is 12.5. The fourth-order valence-electron chi connectivity index (χ4n) is 2.08. The Morgan fingerprint density at radius 1 is 1.13 bits per heavy atom. The number of halogens is 1. The van der Waals surface area contributed by atoms with E-state index < -0.39 is 0 Å². The van der Waals surface area contributed by atoms with Gasteiger partial charge in [-0.2, -0.15) is 0 Å². The summed E-state index contributed by atoms with van der Waals surface area (Å²) in [6.07, 6.45) is 0. The lowest BCUT2D eigenvalue weighted by atomic mass is 10.2. The molecule has 0 saturated heterocycles. The van der Waals surface area contributed by atoms with Gasteiger partial charge in [0.25, 0.3) is 5.91 Å². The van der Waals surface area contributed by atoms with Gasteiger partial charge in [-0.1, -0.05) is 11.3 Å². The first-order valence-corrected chi connectivity index (χ1v) is 8.59. The number of anilines is 1. The van der Waals surface area contributed by atoms with Crippen molar-refractivity contribution in [3.8, 4) is 11.5 Å². The molecule has 0 aliphatic rings. The summed E-state index contributed by atoms with van der Waals surface area (Å²) in [5.74, 6) is 1.07. The highest BCUT2D eigenvalue weighted by atomic mass is 127. The molecule has 0 unspecified atom stereocenters. The molecule has 3 rings (SSSR count). The molecular formula is C16H13IN2O3S. The molecule has 7 heteroatoms. The Hall–Kier alpha value is -1.87. The van der Waals surface area contributed by atoms with E-state index in [1.807, 2.05) is 18.2 Å². The topological polar surface area (TPSA) is 60.5 Å². The maximum absolute atomic E-state index is 12.3. The number of carbonyl (C=O) groups excluding carboxylic acids is 1. The van der Waals surface area contributed by atoms with E-state index in [1.54, 1.807) is 32.4 Å². The Bertz CT molecular complexity index is 821. The van der Waals surface area contributed by atoms with E-state index in [-0.39, 0.29) is 5.91 Å². The molecule has 1 heterocycles. The second-order valence-corrected chi connectivity index (χ2v) is 6.93. The van der Waals surface area contributed by atoms with Crippen molar-refractivity contribution in [3.63, 3.8) is 0 Å². The van der Waals surface area contributed by atoms with E-state index in [4.69, 9.17) is 9.47 Å². The predicted molar refractivity (Wildman–Crippen MR) is 99.8 cm³/mol. The smallest absolute Gasteiger partial charge is 0.257 e. The highest BCUT2D eigenvalue weighted by Gasteiger charge is 2.13. The molecule has 0 aliphatic carbocycles. The van der Waals surface area contributed by atoms with Crippen LogP contribution < -0.4 is 14.8 Å². The van der Waals surface area contributed by atoms with Gasteiger partial charge in [0.15, 0.2) is 16.6 Å². The molecule has 1 amide bonds. The van der Waals surface area contributed by atoms with Gasteiger partial charge in [0, 0.05) is 21.3 Å². The fraction of sp³-hybridized carbons (Fsp3) is 0.125. The van der Waals surface area contributed by atoms with Crippen LogP contribution in [0.5, 0.6) is 11.5 Å². The van der Waals surface area contributed by atoms with Crippen LogP contribution in [0.2, 0.25) is 0 Å². The van der Waals surface area contributed by atoms with Crippen molar-refractivity contribution in [2.45, 2.75) is 0 Å². The first kappa shape index (κ1) is 16.0. The largest absolute Gasteiger partial charge is 0.493 e. The summed E-state index contributed by atoms with van der Waals surface area (Å²) in [5, 5.41) is 3.37. The number of hydrogen-bond acceptors (Lipinski definition) is 5. The fourth-order valence-corrected chi connectivity index (χ4v) is 3.31. The van der Waals surface area contributed by atoms with Crippen molar-refractivity contribution in [1.29, 1.82) is 0 Å². The number of rotatable bonds is 4. The average molecular weight is 440 g/mol. The van der Waals surface area contributed by atoms with Gasteiger partial charge >= 0.3 is 0 Å². The lowest BCUT2D eigenvalue weighted by molar-refractivity contribution is 0.102. The van der Waals surface area contributed by atoms with Crippen molar-refractivity contribution >= 4 is 55.2 Å². The van der Waals surface area contributed by atoms with Gasteiger partial charge in [-0.15, -0.1) is 0 Å². The highest BCUT2D eigenvalue weighted by Crippen LogP contribution is 2.36. The number of ether oxygens (including phenoxy) is 2. The molecule has 2 aromatic carbocycles. The molecule has 3 aromatic rings. The van der Waals surface area contributed by atoms with E-state index in [9.17, 15) is 4.79 Å². The maximum Gasteiger partial charge on any atom is 0.257 e. The van der Waals surface area contributed by atoms with E-state index in [1.165, 1.54) is 11.3 Å². The lowest BCUT2D eigenvalue weighted by Gasteiger charge is -2.05. The van der Waals surface area contributed by atoms with Crippen LogP contribution in [0.1, 0.15) is 10.4 Å². The number of carbonyl (C=O) groups is 1. The van der Waals surface area contributed by atoms with Crippen molar-refractivity contribution in [2.24, 2.45) is 0 Å². The SMILES string of the molecule is COc1cc2nc(NC(=O)c3ccc(I)cc3)sc2cc1OC. The van der Waals surface area contributed by atoms with Gasteiger partial charge < -0.3 is 9.47 Å². The Labute approximate surface area is 150 Å². The van der Waals surface area contributed by atoms with Gasteiger partial charge in [0.1, 0.15) is 0 Å². The van der Waals surface area contributed by atoms with Crippen LogP contribution in [-0.4, -0.2) is 25.1 Å². The summed E-state index contributed by atoms with van der Waals surface area (Å²) in [6, 6.07) is 11.0. The van der Waals surface area contributed by atoms with Crippen LogP contribution in [0.3, 0.4) is 0 Å². The minimum Gasteiger partial charge on any atom is -0.493 e. The number of thiazole rings is 1. The van der Waals surface area contributed by atoms with Crippen LogP contribution >= 0.6 is 33.9 Å². The summed E-state index contributed by atoms with van der Waals surface area (Å²) in [5.41, 5.74) is 1.35. The number of benzene rings is 2. The van der Waals surface area contributed by atoms with Gasteiger partial charge in [0.2, 0.25) is 0 Å². The third kappa shape index (κ3) is 3.40. The number of nitrogens with one attached hydrogen (secondary N) is 1. The van der Waals surface area contributed by atoms with Crippen LogP contribution in [0.15, 0.2) is 36.4 Å². The number of fused-ring (bicyclic) bond motifs is 1. The molecule has 0 atom stereocenters. The van der Waals surface area contributed by atoms with Crippen LogP contribution in [0.25, 0.3) is 10.2 Å². The third-order valence-electron chi connectivity index (χ3n) is 3.22. The van der Waals surface area contributed by atoms with Crippen molar-refractivity contribution in [2.75, 3.05) is 19.5 Å². The first-order chi connectivity index (χ1) is 11.1. The molecule has 0 saturated carbocycles. The third-order valence-corrected chi connectivity index (χ3v) is 4.87. The second-order valence-electron chi connectivity index (χ2n) is 4.65. The molecule has 5 nitrogen and oxygen atoms in total. The van der Waals surface area contributed by atoms with Crippen molar-refractivity contribution < 1.29 is 14.3 Å². The molecule has 1 aromatic heterocycles. The van der Waals surface area contributed by atoms with Gasteiger partial charge in [-0.25, -0.2) is 4.98 Å². The normalized spacial score (nSPS) is 10.6. The number of aromatic nitrogens is 1. The van der Waals surface area contributed by atoms with E-state index in [2.05, 4.69) is 32.9 Å². The summed E-state index contributed by atoms with van der Waals surface area (Å²) >= 11 is 3.59. The molecule has 0 bridgehead atoms. The van der Waals surface area contributed by atoms with Crippen molar-refractivity contribution in [1.82, 2.24) is 4.98 Å². The zero-order chi connectivity index (χ0) is 16.4. The second kappa shape index (κ2) is 6.71. The minimum absolute atomic E-state index is 0.181. The van der Waals surface area contributed by atoms with Crippen molar-refractivity contribution in [3.05, 3.63) is 45.5 Å². The number of amides is 1. The Balaban J connectivity index is 1.88. The molecule has 1 N–H and O–H groups in total. The van der Waals surface area contributed by atoms with Gasteiger partial charge in [-0.3, -0.25) is 10.1 Å². The molecule has 0 aliphatic heterocycles. The zero-order valence-electron chi connectivity index (χ0n) is 12.4. The van der Waals surface area contributed by atoms with E-state index >= 15 is 0 Å². The zero-order valence-corrected chi connectivity index (χ0v) is 15.4. The Morgan fingerprint density at radius 2 is 1.78 bits per heavy atom. The summed E-state index contributed by atoms with van der Waals surface area (Å²) in [4.78, 5) is 16.7. The predicted octanol–water partition coefficient (Wildman–Crippen LogP) is 4.17. The molecular weight excluding hydrogens is 427 g/mol. The monoisotopic (exact) mass is 440 g/mol. The van der Waals surface area contributed by atoms with E-state index in [0.717, 1.165) is 13.8 Å². The average Bonchev–Trinajstić information content (AvgIpc) is 2.94.